The molecule has 0 saturated heterocycles. The fourth-order valence-corrected chi connectivity index (χ4v) is 3.43. The number of halogens is 1. The molecule has 2 N–H and O–H groups in total. The van der Waals surface area contributed by atoms with E-state index in [9.17, 15) is 0 Å². The summed E-state index contributed by atoms with van der Waals surface area (Å²) in [4.78, 5) is 4.31. The van der Waals surface area contributed by atoms with Crippen LogP contribution in [0.5, 0.6) is 0 Å². The van der Waals surface area contributed by atoms with E-state index in [1.807, 2.05) is 23.4 Å². The maximum absolute atomic E-state index is 4.31. The Hall–Kier alpha value is -0.510. The summed E-state index contributed by atoms with van der Waals surface area (Å²) in [5, 5.41) is 15.3. The third kappa shape index (κ3) is 6.72. The summed E-state index contributed by atoms with van der Waals surface area (Å²) in [7, 11) is 1.84. The number of aryl methyl sites for hydroxylation is 1. The molecule has 1 saturated carbocycles. The largest absolute Gasteiger partial charge is 0.356 e. The number of rotatable bonds is 7. The van der Waals surface area contributed by atoms with Gasteiger partial charge in [0, 0.05) is 31.4 Å². The molecular weight excluding hydrogens is 411 g/mol. The molecule has 2 rings (SSSR count). The van der Waals surface area contributed by atoms with Crippen molar-refractivity contribution in [1.82, 2.24) is 25.4 Å². The Morgan fingerprint density at radius 3 is 2.73 bits per heavy atom. The van der Waals surface area contributed by atoms with Crippen molar-refractivity contribution in [3.63, 3.8) is 0 Å². The Kier molecular flexibility index (Phi) is 9.85. The highest BCUT2D eigenvalue weighted by Crippen LogP contribution is 2.27. The third-order valence-corrected chi connectivity index (χ3v) is 4.98. The molecule has 0 radical (unpaired) electrons. The molecule has 6 nitrogen and oxygen atoms in total. The SMILES string of the molecule is CN=C(NCCCCn1cnnc1)NC1CCC(SC)C1.I. The fraction of sp³-hybridized carbons (Fsp3) is 0.786. The van der Waals surface area contributed by atoms with Crippen molar-refractivity contribution < 1.29 is 0 Å². The number of unbranched alkanes of at least 4 members (excludes halogenated alkanes) is 1. The second kappa shape index (κ2) is 11.1. The van der Waals surface area contributed by atoms with E-state index in [4.69, 9.17) is 0 Å². The van der Waals surface area contributed by atoms with Gasteiger partial charge in [-0.1, -0.05) is 0 Å². The summed E-state index contributed by atoms with van der Waals surface area (Å²) in [6.45, 7) is 1.92. The average molecular weight is 438 g/mol. The lowest BCUT2D eigenvalue weighted by molar-refractivity contribution is 0.584. The zero-order valence-corrected chi connectivity index (χ0v) is 16.5. The molecule has 0 aromatic carbocycles. The van der Waals surface area contributed by atoms with Gasteiger partial charge in [-0.25, -0.2) is 0 Å². The first-order valence-corrected chi connectivity index (χ1v) is 8.93. The summed E-state index contributed by atoms with van der Waals surface area (Å²) in [6.07, 6.45) is 11.8. The molecule has 1 aliphatic carbocycles. The maximum Gasteiger partial charge on any atom is 0.191 e. The molecule has 1 heterocycles. The van der Waals surface area contributed by atoms with Gasteiger partial charge in [0.1, 0.15) is 12.7 Å². The fourth-order valence-electron chi connectivity index (χ4n) is 2.64. The van der Waals surface area contributed by atoms with Crippen LogP contribution in [0.3, 0.4) is 0 Å². The Balaban J connectivity index is 0.00000242. The number of hydrogen-bond donors (Lipinski definition) is 2. The van der Waals surface area contributed by atoms with Crippen LogP contribution in [0.2, 0.25) is 0 Å². The van der Waals surface area contributed by atoms with Crippen LogP contribution in [-0.4, -0.2) is 51.9 Å². The molecule has 2 unspecified atom stereocenters. The Morgan fingerprint density at radius 2 is 2.09 bits per heavy atom. The highest BCUT2D eigenvalue weighted by atomic mass is 127. The highest BCUT2D eigenvalue weighted by Gasteiger charge is 2.24. The maximum atomic E-state index is 4.31. The van der Waals surface area contributed by atoms with Crippen molar-refractivity contribution >= 4 is 41.7 Å². The van der Waals surface area contributed by atoms with E-state index in [1.165, 1.54) is 19.3 Å². The van der Waals surface area contributed by atoms with Crippen molar-refractivity contribution in [2.45, 2.75) is 49.9 Å². The van der Waals surface area contributed by atoms with Crippen molar-refractivity contribution in [2.24, 2.45) is 4.99 Å². The second-order valence-electron chi connectivity index (χ2n) is 5.42. The molecule has 1 aromatic rings. The minimum Gasteiger partial charge on any atom is -0.356 e. The molecule has 1 aliphatic rings. The second-order valence-corrected chi connectivity index (χ2v) is 6.56. The van der Waals surface area contributed by atoms with E-state index in [0.717, 1.165) is 37.1 Å². The van der Waals surface area contributed by atoms with E-state index >= 15 is 0 Å². The number of aromatic nitrogens is 3. The normalized spacial score (nSPS) is 21.5. The number of hydrogen-bond acceptors (Lipinski definition) is 4. The van der Waals surface area contributed by atoms with E-state index < -0.39 is 0 Å². The van der Waals surface area contributed by atoms with Gasteiger partial charge in [0.05, 0.1) is 0 Å². The zero-order chi connectivity index (χ0) is 14.9. The predicted molar refractivity (Wildman–Crippen MR) is 104 cm³/mol. The molecule has 1 aromatic heterocycles. The Morgan fingerprint density at radius 1 is 1.32 bits per heavy atom. The average Bonchev–Trinajstić information content (AvgIpc) is 3.16. The minimum atomic E-state index is 0. The van der Waals surface area contributed by atoms with Gasteiger partial charge in [0.25, 0.3) is 0 Å². The van der Waals surface area contributed by atoms with E-state index in [-0.39, 0.29) is 24.0 Å². The Labute approximate surface area is 154 Å². The van der Waals surface area contributed by atoms with Crippen LogP contribution in [0.25, 0.3) is 0 Å². The minimum absolute atomic E-state index is 0. The predicted octanol–water partition coefficient (Wildman–Crippen LogP) is 2.13. The first-order chi connectivity index (χ1) is 10.3. The standard InChI is InChI=1S/C14H26N6S.HI/c1-15-14(19-12-5-6-13(9-12)21-2)16-7-3-4-8-20-10-17-18-11-20;/h10-13H,3-9H2,1-2H3,(H2,15,16,19);1H. The zero-order valence-electron chi connectivity index (χ0n) is 13.4. The molecule has 1 fully saturated rings. The lowest BCUT2D eigenvalue weighted by Gasteiger charge is -2.17. The van der Waals surface area contributed by atoms with Crippen LogP contribution < -0.4 is 10.6 Å². The Bertz CT molecular complexity index is 425. The van der Waals surface area contributed by atoms with Crippen LogP contribution in [-0.2, 0) is 6.54 Å². The lowest BCUT2D eigenvalue weighted by Crippen LogP contribution is -2.42. The van der Waals surface area contributed by atoms with E-state index in [2.05, 4.69) is 32.1 Å². The topological polar surface area (TPSA) is 67.1 Å². The number of guanidine groups is 1. The van der Waals surface area contributed by atoms with Crippen molar-refractivity contribution in [2.75, 3.05) is 19.8 Å². The lowest BCUT2D eigenvalue weighted by atomic mass is 10.2. The van der Waals surface area contributed by atoms with Gasteiger partial charge in [-0.15, -0.1) is 34.2 Å². The van der Waals surface area contributed by atoms with Crippen LogP contribution in [0.4, 0.5) is 0 Å². The number of aliphatic imine (C=N–C) groups is 1. The molecule has 22 heavy (non-hydrogen) atoms. The molecule has 2 atom stereocenters. The third-order valence-electron chi connectivity index (χ3n) is 3.88. The van der Waals surface area contributed by atoms with Gasteiger partial charge in [-0.05, 0) is 38.4 Å². The molecular formula is C14H27IN6S. The summed E-state index contributed by atoms with van der Waals surface area (Å²) >= 11 is 1.98. The first-order valence-electron chi connectivity index (χ1n) is 7.64. The van der Waals surface area contributed by atoms with Gasteiger partial charge in [-0.3, -0.25) is 4.99 Å². The summed E-state index contributed by atoms with van der Waals surface area (Å²) in [5.41, 5.74) is 0. The van der Waals surface area contributed by atoms with Gasteiger partial charge >= 0.3 is 0 Å². The molecule has 0 bridgehead atoms. The van der Waals surface area contributed by atoms with Crippen LogP contribution in [0.15, 0.2) is 17.6 Å². The van der Waals surface area contributed by atoms with Crippen LogP contribution in [0, 0.1) is 0 Å². The van der Waals surface area contributed by atoms with E-state index in [0.29, 0.717) is 6.04 Å². The van der Waals surface area contributed by atoms with Gasteiger partial charge < -0.3 is 15.2 Å². The highest BCUT2D eigenvalue weighted by molar-refractivity contribution is 14.0. The summed E-state index contributed by atoms with van der Waals surface area (Å²) < 4.78 is 2.01. The molecule has 0 spiro atoms. The molecule has 0 amide bonds. The van der Waals surface area contributed by atoms with Crippen molar-refractivity contribution in [3.05, 3.63) is 12.7 Å². The summed E-state index contributed by atoms with van der Waals surface area (Å²) in [6, 6.07) is 0.575. The van der Waals surface area contributed by atoms with Crippen molar-refractivity contribution in [1.29, 1.82) is 0 Å². The number of nitrogens with zero attached hydrogens (tertiary/aromatic N) is 4. The first kappa shape index (κ1) is 19.5. The van der Waals surface area contributed by atoms with E-state index in [1.54, 1.807) is 12.7 Å². The molecule has 0 aliphatic heterocycles. The number of nitrogens with one attached hydrogen (secondary N) is 2. The van der Waals surface area contributed by atoms with Crippen LogP contribution >= 0.6 is 35.7 Å². The quantitative estimate of drug-likeness (QED) is 0.296. The van der Waals surface area contributed by atoms with Crippen LogP contribution in [0.1, 0.15) is 32.1 Å². The smallest absolute Gasteiger partial charge is 0.191 e. The monoisotopic (exact) mass is 438 g/mol. The van der Waals surface area contributed by atoms with Gasteiger partial charge in [-0.2, -0.15) is 11.8 Å². The number of thioether (sulfide) groups is 1. The molecule has 126 valence electrons. The molecule has 8 heteroatoms. The van der Waals surface area contributed by atoms with Gasteiger partial charge in [0.15, 0.2) is 5.96 Å². The van der Waals surface area contributed by atoms with Gasteiger partial charge in [0.2, 0.25) is 0 Å². The van der Waals surface area contributed by atoms with Crippen molar-refractivity contribution in [3.8, 4) is 0 Å². The summed E-state index contributed by atoms with van der Waals surface area (Å²) in [5.74, 6) is 0.936.